The van der Waals surface area contributed by atoms with Gasteiger partial charge >= 0.3 is 0 Å². The van der Waals surface area contributed by atoms with Crippen LogP contribution >= 0.6 is 0 Å². The zero-order valence-corrected chi connectivity index (χ0v) is 19.6. The molecule has 4 aliphatic rings. The number of ketones is 1. The van der Waals surface area contributed by atoms with Crippen LogP contribution in [0.5, 0.6) is 0 Å². The Morgan fingerprint density at radius 3 is 2.45 bits per heavy atom. The van der Waals surface area contributed by atoms with Crippen LogP contribution in [0.4, 0.5) is 0 Å². The molecule has 0 radical (unpaired) electrons. The molecule has 0 aromatic heterocycles. The normalized spacial score (nSPS) is 50.3. The van der Waals surface area contributed by atoms with Gasteiger partial charge in [-0.25, -0.2) is 0 Å². The van der Waals surface area contributed by atoms with Crippen LogP contribution in [0.25, 0.3) is 0 Å². The van der Waals surface area contributed by atoms with E-state index in [0.717, 1.165) is 36.5 Å². The molecule has 4 rings (SSSR count). The predicted octanol–water partition coefficient (Wildman–Crippen LogP) is 5.60. The lowest BCUT2D eigenvalue weighted by atomic mass is 9.43. The molecule has 3 nitrogen and oxygen atoms in total. The van der Waals surface area contributed by atoms with Crippen LogP contribution in [0.1, 0.15) is 91.9 Å². The molecule has 4 aliphatic carbocycles. The van der Waals surface area contributed by atoms with Gasteiger partial charge in [0.1, 0.15) is 5.78 Å². The lowest BCUT2D eigenvalue weighted by Crippen LogP contribution is -2.60. The maximum Gasteiger partial charge on any atom is 0.129 e. The van der Waals surface area contributed by atoms with E-state index in [1.165, 1.54) is 51.4 Å². The van der Waals surface area contributed by atoms with E-state index >= 15 is 0 Å². The summed E-state index contributed by atoms with van der Waals surface area (Å²) in [5.41, 5.74) is 7.89. The van der Waals surface area contributed by atoms with E-state index in [1.807, 2.05) is 7.11 Å². The Bertz CT molecular complexity index is 620. The van der Waals surface area contributed by atoms with Crippen LogP contribution in [-0.2, 0) is 9.53 Å². The molecular formula is C26H45NO2. The van der Waals surface area contributed by atoms with E-state index in [4.69, 9.17) is 10.5 Å². The number of fused-ring (bicyclic) bond motifs is 5. The Morgan fingerprint density at radius 1 is 1.07 bits per heavy atom. The molecule has 0 spiro atoms. The van der Waals surface area contributed by atoms with E-state index in [-0.39, 0.29) is 0 Å². The average molecular weight is 404 g/mol. The van der Waals surface area contributed by atoms with Gasteiger partial charge in [0, 0.05) is 19.6 Å². The van der Waals surface area contributed by atoms with E-state index in [2.05, 4.69) is 20.8 Å². The Morgan fingerprint density at radius 2 is 1.76 bits per heavy atom. The molecule has 2 N–H and O–H groups in total. The molecule has 2 unspecified atom stereocenters. The number of ether oxygens (including phenoxy) is 1. The summed E-state index contributed by atoms with van der Waals surface area (Å²) in [4.78, 5) is 11.5. The lowest BCUT2D eigenvalue weighted by Gasteiger charge is -2.63. The molecule has 0 heterocycles. The van der Waals surface area contributed by atoms with Gasteiger partial charge in [-0.15, -0.1) is 0 Å². The van der Waals surface area contributed by atoms with Crippen molar-refractivity contribution in [2.45, 2.75) is 104 Å². The van der Waals surface area contributed by atoms with Gasteiger partial charge in [0.05, 0.1) is 6.10 Å². The maximum absolute atomic E-state index is 11.5. The van der Waals surface area contributed by atoms with Gasteiger partial charge in [-0.1, -0.05) is 20.8 Å². The SMILES string of the molecule is CO[C@@H]1CC[C@@]2(C)[C@@H](C1)C[C@@H](N)[C@@H]1[C@@H]2CC[C@]2(C)C(C(C)CCC(C)=O)CC[C@@H]12. The van der Waals surface area contributed by atoms with Crippen LogP contribution in [0, 0.1) is 46.3 Å². The number of carbonyl (C=O) groups excluding carboxylic acids is 1. The fourth-order valence-corrected chi connectivity index (χ4v) is 9.10. The number of methoxy groups -OCH3 is 1. The van der Waals surface area contributed by atoms with Gasteiger partial charge in [0.15, 0.2) is 0 Å². The minimum atomic E-state index is 0.347. The van der Waals surface area contributed by atoms with Crippen LogP contribution in [-0.4, -0.2) is 25.0 Å². The molecule has 29 heavy (non-hydrogen) atoms. The quantitative estimate of drug-likeness (QED) is 0.650. The highest BCUT2D eigenvalue weighted by molar-refractivity contribution is 5.75. The average Bonchev–Trinajstić information content (AvgIpc) is 3.03. The predicted molar refractivity (Wildman–Crippen MR) is 118 cm³/mol. The highest BCUT2D eigenvalue weighted by Crippen LogP contribution is 2.68. The molecule has 0 aliphatic heterocycles. The van der Waals surface area contributed by atoms with Crippen molar-refractivity contribution in [1.82, 2.24) is 0 Å². The van der Waals surface area contributed by atoms with Crippen molar-refractivity contribution >= 4 is 5.78 Å². The summed E-state index contributed by atoms with van der Waals surface area (Å²) in [7, 11) is 1.89. The number of hydrogen-bond acceptors (Lipinski definition) is 3. The zero-order chi connectivity index (χ0) is 21.0. The van der Waals surface area contributed by atoms with Gasteiger partial charge in [-0.05, 0) is 111 Å². The minimum absolute atomic E-state index is 0.347. The lowest BCUT2D eigenvalue weighted by molar-refractivity contribution is -0.140. The number of carbonyl (C=O) groups is 1. The fourth-order valence-electron chi connectivity index (χ4n) is 9.10. The van der Waals surface area contributed by atoms with Crippen molar-refractivity contribution in [3.8, 4) is 0 Å². The Kier molecular flexibility index (Phi) is 5.97. The summed E-state index contributed by atoms with van der Waals surface area (Å²) in [6, 6.07) is 0.365. The molecule has 10 atom stereocenters. The van der Waals surface area contributed by atoms with Crippen molar-refractivity contribution in [3.05, 3.63) is 0 Å². The van der Waals surface area contributed by atoms with Crippen LogP contribution < -0.4 is 5.73 Å². The first kappa shape index (κ1) is 21.8. The molecule has 4 fully saturated rings. The molecule has 0 saturated heterocycles. The van der Waals surface area contributed by atoms with Crippen molar-refractivity contribution < 1.29 is 9.53 Å². The van der Waals surface area contributed by atoms with Crippen molar-refractivity contribution in [2.24, 2.45) is 52.1 Å². The molecule has 0 amide bonds. The number of Topliss-reactive ketones (excluding diaryl/α,β-unsaturated/α-hetero) is 1. The molecule has 4 saturated carbocycles. The third-order valence-corrected chi connectivity index (χ3v) is 10.8. The Labute approximate surface area is 178 Å². The largest absolute Gasteiger partial charge is 0.381 e. The first-order valence-corrected chi connectivity index (χ1v) is 12.5. The van der Waals surface area contributed by atoms with Gasteiger partial charge < -0.3 is 15.3 Å². The second kappa shape index (κ2) is 7.93. The molecular weight excluding hydrogens is 358 g/mol. The Hall–Kier alpha value is -0.410. The first-order valence-electron chi connectivity index (χ1n) is 12.5. The topological polar surface area (TPSA) is 52.3 Å². The van der Waals surface area contributed by atoms with E-state index in [9.17, 15) is 4.79 Å². The molecule has 3 heteroatoms. The second-order valence-electron chi connectivity index (χ2n) is 12.0. The minimum Gasteiger partial charge on any atom is -0.381 e. The molecule has 0 aromatic rings. The van der Waals surface area contributed by atoms with Gasteiger partial charge in [-0.3, -0.25) is 0 Å². The van der Waals surface area contributed by atoms with E-state index < -0.39 is 0 Å². The third kappa shape index (κ3) is 3.53. The zero-order valence-electron chi connectivity index (χ0n) is 19.6. The van der Waals surface area contributed by atoms with Crippen LogP contribution in [0.15, 0.2) is 0 Å². The van der Waals surface area contributed by atoms with Crippen molar-refractivity contribution in [1.29, 1.82) is 0 Å². The van der Waals surface area contributed by atoms with Gasteiger partial charge in [0.25, 0.3) is 0 Å². The molecule has 0 bridgehead atoms. The maximum atomic E-state index is 11.5. The third-order valence-electron chi connectivity index (χ3n) is 10.8. The van der Waals surface area contributed by atoms with Crippen LogP contribution in [0.3, 0.4) is 0 Å². The number of hydrogen-bond donors (Lipinski definition) is 1. The Balaban J connectivity index is 1.54. The molecule has 0 aromatic carbocycles. The summed E-state index contributed by atoms with van der Waals surface area (Å²) in [5.74, 6) is 4.82. The summed E-state index contributed by atoms with van der Waals surface area (Å²) in [5, 5.41) is 0. The highest BCUT2D eigenvalue weighted by atomic mass is 16.5. The second-order valence-corrected chi connectivity index (χ2v) is 12.0. The fraction of sp³-hybridized carbons (Fsp3) is 0.962. The molecule has 166 valence electrons. The summed E-state index contributed by atoms with van der Waals surface area (Å²) in [6.07, 6.45) is 12.7. The van der Waals surface area contributed by atoms with E-state index in [0.29, 0.717) is 40.6 Å². The van der Waals surface area contributed by atoms with E-state index in [1.54, 1.807) is 6.92 Å². The van der Waals surface area contributed by atoms with Crippen molar-refractivity contribution in [2.75, 3.05) is 7.11 Å². The monoisotopic (exact) mass is 403 g/mol. The first-order chi connectivity index (χ1) is 13.7. The van der Waals surface area contributed by atoms with Gasteiger partial charge in [0.2, 0.25) is 0 Å². The highest BCUT2D eigenvalue weighted by Gasteiger charge is 2.62. The summed E-state index contributed by atoms with van der Waals surface area (Å²) < 4.78 is 5.76. The van der Waals surface area contributed by atoms with Crippen molar-refractivity contribution in [3.63, 3.8) is 0 Å². The smallest absolute Gasteiger partial charge is 0.129 e. The number of rotatable bonds is 5. The summed E-state index contributed by atoms with van der Waals surface area (Å²) in [6.45, 7) is 9.36. The standard InChI is InChI=1S/C26H45NO2/c1-16(6-7-17(2)28)20-8-9-21-24-22(11-13-26(20,21)4)25(3)12-10-19(29-5)14-18(25)15-23(24)27/h16,18-24H,6-15,27H2,1-5H3/t16?,18-,19+,20?,21-,22-,23+,24-,25-,26+/m0/s1. The number of nitrogens with two attached hydrogens (primary N) is 1. The van der Waals surface area contributed by atoms with Gasteiger partial charge in [-0.2, -0.15) is 0 Å². The van der Waals surface area contributed by atoms with Crippen LogP contribution in [0.2, 0.25) is 0 Å². The summed E-state index contributed by atoms with van der Waals surface area (Å²) >= 11 is 0.